The number of rotatable bonds is 13. The van der Waals surface area contributed by atoms with E-state index in [9.17, 15) is 0 Å². The Bertz CT molecular complexity index is 659. The molecule has 0 nitrogen and oxygen atoms in total. The molecule has 0 aromatic heterocycles. The molecule has 0 saturated heterocycles. The normalized spacial score (nSPS) is 12.6. The van der Waals surface area contributed by atoms with Crippen LogP contribution in [0.15, 0.2) is 72.4 Å². The molecule has 158 valence electrons. The summed E-state index contributed by atoms with van der Waals surface area (Å²) in [7, 11) is -3.34. The lowest BCUT2D eigenvalue weighted by molar-refractivity contribution is 0.577. The van der Waals surface area contributed by atoms with Crippen LogP contribution >= 0.6 is 0 Å². The zero-order chi connectivity index (χ0) is 21.0. The first-order chi connectivity index (χ1) is 14.0. The second-order valence-electron chi connectivity index (χ2n) is 9.46. The first kappa shape index (κ1) is 23.9. The summed E-state index contributed by atoms with van der Waals surface area (Å²) in [6.07, 6.45) is 14.9. The highest BCUT2D eigenvalue weighted by Crippen LogP contribution is 2.22. The molecule has 2 rings (SSSR count). The van der Waals surface area contributed by atoms with Gasteiger partial charge < -0.3 is 0 Å². The van der Waals surface area contributed by atoms with Gasteiger partial charge in [0, 0.05) is 0 Å². The number of benzene rings is 2. The van der Waals surface area contributed by atoms with Gasteiger partial charge in [-0.2, -0.15) is 0 Å². The van der Waals surface area contributed by atoms with Gasteiger partial charge in [-0.3, -0.25) is 0 Å². The summed E-state index contributed by atoms with van der Waals surface area (Å²) in [5.41, 5.74) is 2.70. The molecule has 0 fully saturated rings. The van der Waals surface area contributed by atoms with Crippen molar-refractivity contribution in [3.63, 3.8) is 0 Å². The summed E-state index contributed by atoms with van der Waals surface area (Å²) in [6, 6.07) is 22.8. The van der Waals surface area contributed by atoms with Gasteiger partial charge in [-0.05, 0) is 12.8 Å². The Balaban J connectivity index is 2.10. The van der Waals surface area contributed by atoms with Crippen LogP contribution in [0.1, 0.15) is 64.7 Å². The van der Waals surface area contributed by atoms with Gasteiger partial charge in [0.25, 0.3) is 0 Å². The molecule has 0 aliphatic heterocycles. The lowest BCUT2D eigenvalue weighted by Gasteiger charge is -2.40. The van der Waals surface area contributed by atoms with Crippen LogP contribution in [0, 0.1) is 0 Å². The number of unbranched alkanes of at least 4 members (excludes halogenated alkanes) is 8. The molecule has 0 amide bonds. The third kappa shape index (κ3) is 6.82. The van der Waals surface area contributed by atoms with Crippen molar-refractivity contribution in [2.24, 2.45) is 0 Å². The fourth-order valence-corrected chi connectivity index (χ4v) is 17.5. The standard InChI is InChI=1S/C27H42Si2/c1-5-6-7-8-9-10-11-12-13-20-25-29(28(2,3)4,26-21-16-14-17-22-26)27-23-18-15-19-24-27/h14-25H,5-13H2,1-4H3/b25-20-. The Morgan fingerprint density at radius 2 is 1.07 bits per heavy atom. The van der Waals surface area contributed by atoms with E-state index in [-0.39, 0.29) is 0 Å². The number of allylic oxidation sites excluding steroid dienone is 1. The fraction of sp³-hybridized carbons (Fsp3) is 0.481. The summed E-state index contributed by atoms with van der Waals surface area (Å²) in [4.78, 5) is 0. The van der Waals surface area contributed by atoms with Crippen molar-refractivity contribution in [3.05, 3.63) is 72.4 Å². The van der Waals surface area contributed by atoms with Crippen LogP contribution in [0.3, 0.4) is 0 Å². The van der Waals surface area contributed by atoms with Gasteiger partial charge in [0.1, 0.15) is 7.59 Å². The van der Waals surface area contributed by atoms with Crippen molar-refractivity contribution >= 4 is 25.6 Å². The second kappa shape index (κ2) is 12.3. The molecule has 0 heterocycles. The van der Waals surface area contributed by atoms with Crippen LogP contribution in [0.25, 0.3) is 0 Å². The average Bonchev–Trinajstić information content (AvgIpc) is 2.72. The van der Waals surface area contributed by atoms with Crippen molar-refractivity contribution in [2.75, 3.05) is 0 Å². The van der Waals surface area contributed by atoms with E-state index in [0.29, 0.717) is 0 Å². The van der Waals surface area contributed by atoms with Crippen molar-refractivity contribution in [1.29, 1.82) is 0 Å². The minimum atomic E-state index is -1.88. The molecule has 2 aromatic carbocycles. The minimum absolute atomic E-state index is 1.23. The van der Waals surface area contributed by atoms with E-state index in [1.54, 1.807) is 10.4 Å². The van der Waals surface area contributed by atoms with Crippen LogP contribution in [0.5, 0.6) is 0 Å². The van der Waals surface area contributed by atoms with Crippen LogP contribution in [0.2, 0.25) is 19.6 Å². The lowest BCUT2D eigenvalue weighted by atomic mass is 10.1. The molecule has 2 aromatic rings. The zero-order valence-corrected chi connectivity index (χ0v) is 21.3. The fourth-order valence-electron chi connectivity index (χ4n) is 4.53. The summed E-state index contributed by atoms with van der Waals surface area (Å²) in [5.74, 6) is 0. The maximum absolute atomic E-state index is 2.70. The molecule has 0 spiro atoms. The summed E-state index contributed by atoms with van der Waals surface area (Å²) < 4.78 is 0. The average molecular weight is 423 g/mol. The molecular formula is C27H42Si2. The van der Waals surface area contributed by atoms with Gasteiger partial charge in [-0.1, -0.05) is 154 Å². The van der Waals surface area contributed by atoms with Crippen LogP contribution < -0.4 is 10.4 Å². The molecule has 2 heteroatoms. The van der Waals surface area contributed by atoms with E-state index in [2.05, 4.69) is 99.0 Å². The van der Waals surface area contributed by atoms with Crippen molar-refractivity contribution < 1.29 is 0 Å². The first-order valence-corrected chi connectivity index (χ1v) is 18.4. The molecule has 0 aliphatic carbocycles. The molecule has 0 atom stereocenters. The quantitative estimate of drug-likeness (QED) is 0.235. The molecule has 0 unspecified atom stereocenters. The smallest absolute Gasteiger partial charge is 0.0922 e. The second-order valence-corrected chi connectivity index (χ2v) is 23.9. The SMILES string of the molecule is CCCCCCCCCC/C=C\[Si](c1ccccc1)(c1ccccc1)[Si](C)(C)C. The van der Waals surface area contributed by atoms with E-state index in [0.717, 1.165) is 0 Å². The predicted molar refractivity (Wildman–Crippen MR) is 138 cm³/mol. The highest BCUT2D eigenvalue weighted by Gasteiger charge is 2.46. The van der Waals surface area contributed by atoms with Crippen molar-refractivity contribution in [3.8, 4) is 0 Å². The first-order valence-electron chi connectivity index (χ1n) is 11.8. The van der Waals surface area contributed by atoms with Gasteiger partial charge >= 0.3 is 0 Å². The zero-order valence-electron chi connectivity index (χ0n) is 19.3. The van der Waals surface area contributed by atoms with Crippen molar-refractivity contribution in [2.45, 2.75) is 84.4 Å². The van der Waals surface area contributed by atoms with Gasteiger partial charge in [0.05, 0.1) is 7.59 Å². The number of hydrogen-bond acceptors (Lipinski definition) is 0. The molecule has 0 N–H and O–H groups in total. The lowest BCUT2D eigenvalue weighted by Crippen LogP contribution is -2.72. The molecule has 0 aliphatic rings. The van der Waals surface area contributed by atoms with Crippen LogP contribution in [0.4, 0.5) is 0 Å². The molecular weight excluding hydrogens is 380 g/mol. The van der Waals surface area contributed by atoms with Gasteiger partial charge in [0.2, 0.25) is 0 Å². The van der Waals surface area contributed by atoms with E-state index >= 15 is 0 Å². The van der Waals surface area contributed by atoms with Crippen LogP contribution in [-0.4, -0.2) is 15.2 Å². The number of hydrogen-bond donors (Lipinski definition) is 0. The van der Waals surface area contributed by atoms with Gasteiger partial charge in [0.15, 0.2) is 0 Å². The van der Waals surface area contributed by atoms with E-state index in [1.165, 1.54) is 57.8 Å². The molecule has 29 heavy (non-hydrogen) atoms. The van der Waals surface area contributed by atoms with E-state index in [4.69, 9.17) is 0 Å². The molecule has 0 radical (unpaired) electrons. The molecule has 0 saturated carbocycles. The van der Waals surface area contributed by atoms with E-state index in [1.807, 2.05) is 0 Å². The van der Waals surface area contributed by atoms with Crippen molar-refractivity contribution in [1.82, 2.24) is 0 Å². The van der Waals surface area contributed by atoms with E-state index < -0.39 is 15.2 Å². The Hall–Kier alpha value is -1.39. The topological polar surface area (TPSA) is 0 Å². The Morgan fingerprint density at radius 3 is 1.52 bits per heavy atom. The maximum Gasteiger partial charge on any atom is 0.131 e. The van der Waals surface area contributed by atoms with Crippen LogP contribution in [-0.2, 0) is 0 Å². The Labute approximate surface area is 182 Å². The third-order valence-corrected chi connectivity index (χ3v) is 21.2. The highest BCUT2D eigenvalue weighted by molar-refractivity contribution is 7.52. The summed E-state index contributed by atoms with van der Waals surface area (Å²) >= 11 is 0. The highest BCUT2D eigenvalue weighted by atomic mass is 29.3. The molecule has 0 bridgehead atoms. The summed E-state index contributed by atoms with van der Waals surface area (Å²) in [6.45, 7) is 10.0. The van der Waals surface area contributed by atoms with Gasteiger partial charge in [-0.15, -0.1) is 0 Å². The Morgan fingerprint density at radius 1 is 0.621 bits per heavy atom. The monoisotopic (exact) mass is 422 g/mol. The predicted octanol–water partition coefficient (Wildman–Crippen LogP) is 7.29. The van der Waals surface area contributed by atoms with Gasteiger partial charge in [-0.25, -0.2) is 0 Å². The summed E-state index contributed by atoms with van der Waals surface area (Å²) in [5, 5.41) is 3.16. The maximum atomic E-state index is 2.70. The third-order valence-electron chi connectivity index (χ3n) is 6.23. The largest absolute Gasteiger partial charge is 0.131 e. The minimum Gasteiger partial charge on any atom is -0.0922 e. The Kier molecular flexibility index (Phi) is 10.2.